The summed E-state index contributed by atoms with van der Waals surface area (Å²) in [5.41, 5.74) is 3.64. The first kappa shape index (κ1) is 22.9. The molecule has 1 aromatic heterocycles. The molecule has 1 heterocycles. The first-order chi connectivity index (χ1) is 13.7. The highest BCUT2D eigenvalue weighted by atomic mass is 32.1. The molecular formula is C25H38N2S. The smallest absolute Gasteiger partial charge is 0.160 e. The third kappa shape index (κ3) is 8.34. The summed E-state index contributed by atoms with van der Waals surface area (Å²) in [6.45, 7) is 4.52. The number of nitrogens with zero attached hydrogens (tertiary/aromatic N) is 2. The predicted octanol–water partition coefficient (Wildman–Crippen LogP) is 7.85. The Morgan fingerprint density at radius 2 is 1.21 bits per heavy atom. The van der Waals surface area contributed by atoms with Gasteiger partial charge in [-0.25, -0.2) is 9.97 Å². The van der Waals surface area contributed by atoms with Crippen molar-refractivity contribution in [3.63, 3.8) is 0 Å². The van der Waals surface area contributed by atoms with Crippen molar-refractivity contribution in [1.29, 1.82) is 0 Å². The van der Waals surface area contributed by atoms with Crippen molar-refractivity contribution < 1.29 is 0 Å². The van der Waals surface area contributed by atoms with Gasteiger partial charge in [0, 0.05) is 22.9 Å². The number of aryl methyl sites for hydroxylation is 2. The van der Waals surface area contributed by atoms with E-state index in [1.165, 1.54) is 81.8 Å². The second-order valence-corrected chi connectivity index (χ2v) is 8.43. The van der Waals surface area contributed by atoms with Gasteiger partial charge in [-0.3, -0.25) is 0 Å². The van der Waals surface area contributed by atoms with Crippen molar-refractivity contribution in [3.8, 4) is 11.4 Å². The van der Waals surface area contributed by atoms with Gasteiger partial charge in [0.05, 0.1) is 0 Å². The van der Waals surface area contributed by atoms with Gasteiger partial charge in [-0.2, -0.15) is 0 Å². The fourth-order valence-corrected chi connectivity index (χ4v) is 3.93. The summed E-state index contributed by atoms with van der Waals surface area (Å²) in [6.07, 6.45) is 20.7. The molecule has 0 amide bonds. The number of thiol groups is 1. The molecule has 0 aliphatic carbocycles. The van der Waals surface area contributed by atoms with E-state index in [1.807, 2.05) is 12.4 Å². The van der Waals surface area contributed by atoms with E-state index in [2.05, 4.69) is 42.0 Å². The topological polar surface area (TPSA) is 25.8 Å². The Balaban J connectivity index is 1.82. The number of hydrogen-bond donors (Lipinski definition) is 1. The summed E-state index contributed by atoms with van der Waals surface area (Å²) in [7, 11) is 0. The van der Waals surface area contributed by atoms with Crippen LogP contribution in [0, 0.1) is 0 Å². The maximum atomic E-state index is 4.70. The lowest BCUT2D eigenvalue weighted by Crippen LogP contribution is -1.95. The van der Waals surface area contributed by atoms with Crippen LogP contribution in [0.25, 0.3) is 11.4 Å². The van der Waals surface area contributed by atoms with E-state index in [0.29, 0.717) is 0 Å². The highest BCUT2D eigenvalue weighted by Crippen LogP contribution is 2.25. The SMILES string of the molecule is CCCCCCCCc1ccc(-c2ncc(CCCCCCC)cn2)c(S)c1. The van der Waals surface area contributed by atoms with Gasteiger partial charge in [0.25, 0.3) is 0 Å². The number of benzene rings is 1. The second kappa shape index (κ2) is 13.8. The summed E-state index contributed by atoms with van der Waals surface area (Å²) in [6, 6.07) is 6.54. The van der Waals surface area contributed by atoms with Crippen molar-refractivity contribution in [2.75, 3.05) is 0 Å². The molecule has 0 spiro atoms. The van der Waals surface area contributed by atoms with Gasteiger partial charge >= 0.3 is 0 Å². The van der Waals surface area contributed by atoms with Crippen LogP contribution in [0.3, 0.4) is 0 Å². The molecular weight excluding hydrogens is 360 g/mol. The lowest BCUT2D eigenvalue weighted by molar-refractivity contribution is 0.607. The fourth-order valence-electron chi connectivity index (χ4n) is 3.59. The maximum Gasteiger partial charge on any atom is 0.160 e. The quantitative estimate of drug-likeness (QED) is 0.259. The summed E-state index contributed by atoms with van der Waals surface area (Å²) < 4.78 is 0. The van der Waals surface area contributed by atoms with Gasteiger partial charge in [0.1, 0.15) is 0 Å². The third-order valence-electron chi connectivity index (χ3n) is 5.40. The van der Waals surface area contributed by atoms with Crippen LogP contribution in [0.1, 0.15) is 95.6 Å². The summed E-state index contributed by atoms with van der Waals surface area (Å²) in [5.74, 6) is 0.783. The van der Waals surface area contributed by atoms with Crippen molar-refractivity contribution in [2.45, 2.75) is 102 Å². The minimum absolute atomic E-state index is 0.783. The standard InChI is InChI=1S/C25H38N2S/c1-3-5-7-9-11-12-14-21-16-17-23(24(28)18-21)25-26-19-22(20-27-25)15-13-10-8-6-4-2/h16-20,28H,3-15H2,1-2H3. The molecule has 1 aromatic carbocycles. The van der Waals surface area contributed by atoms with Crippen LogP contribution in [0.2, 0.25) is 0 Å². The molecule has 154 valence electrons. The number of unbranched alkanes of at least 4 members (excludes halogenated alkanes) is 9. The van der Waals surface area contributed by atoms with E-state index >= 15 is 0 Å². The average molecular weight is 399 g/mol. The molecule has 0 bridgehead atoms. The molecule has 28 heavy (non-hydrogen) atoms. The maximum absolute atomic E-state index is 4.70. The van der Waals surface area contributed by atoms with E-state index in [1.54, 1.807) is 0 Å². The Bertz CT molecular complexity index is 667. The first-order valence-electron chi connectivity index (χ1n) is 11.4. The van der Waals surface area contributed by atoms with Gasteiger partial charge in [0.2, 0.25) is 0 Å². The molecule has 2 aromatic rings. The van der Waals surface area contributed by atoms with Crippen molar-refractivity contribution in [3.05, 3.63) is 41.7 Å². The Hall–Kier alpha value is -1.35. The number of rotatable bonds is 14. The summed E-state index contributed by atoms with van der Waals surface area (Å²) in [4.78, 5) is 10.2. The summed E-state index contributed by atoms with van der Waals surface area (Å²) >= 11 is 4.70. The molecule has 0 saturated heterocycles. The van der Waals surface area contributed by atoms with Crippen LogP contribution in [-0.4, -0.2) is 9.97 Å². The summed E-state index contributed by atoms with van der Waals surface area (Å²) in [5, 5.41) is 0. The molecule has 3 heteroatoms. The van der Waals surface area contributed by atoms with Crippen LogP contribution in [-0.2, 0) is 12.8 Å². The van der Waals surface area contributed by atoms with Gasteiger partial charge in [-0.15, -0.1) is 12.6 Å². The molecule has 0 fully saturated rings. The highest BCUT2D eigenvalue weighted by molar-refractivity contribution is 7.80. The zero-order valence-electron chi connectivity index (χ0n) is 17.9. The zero-order chi connectivity index (χ0) is 20.0. The molecule has 2 rings (SSSR count). The molecule has 0 unspecified atom stereocenters. The lowest BCUT2D eigenvalue weighted by Gasteiger charge is -2.08. The Kier molecular flexibility index (Phi) is 11.3. The van der Waals surface area contributed by atoms with Gasteiger partial charge in [-0.05, 0) is 48.9 Å². The molecule has 2 nitrogen and oxygen atoms in total. The molecule has 0 aliphatic rings. The lowest BCUT2D eigenvalue weighted by atomic mass is 10.0. The van der Waals surface area contributed by atoms with Crippen LogP contribution >= 0.6 is 12.6 Å². The highest BCUT2D eigenvalue weighted by Gasteiger charge is 2.07. The van der Waals surface area contributed by atoms with Crippen LogP contribution in [0.4, 0.5) is 0 Å². The van der Waals surface area contributed by atoms with E-state index in [0.717, 1.165) is 29.1 Å². The Labute approximate surface area is 178 Å². The number of aromatic nitrogens is 2. The van der Waals surface area contributed by atoms with E-state index < -0.39 is 0 Å². The van der Waals surface area contributed by atoms with Crippen molar-refractivity contribution in [2.24, 2.45) is 0 Å². The molecule has 0 radical (unpaired) electrons. The van der Waals surface area contributed by atoms with Gasteiger partial charge in [0.15, 0.2) is 5.82 Å². The van der Waals surface area contributed by atoms with E-state index in [-0.39, 0.29) is 0 Å². The molecule has 0 atom stereocenters. The predicted molar refractivity (Wildman–Crippen MR) is 124 cm³/mol. The van der Waals surface area contributed by atoms with Gasteiger partial charge in [-0.1, -0.05) is 77.7 Å². The largest absolute Gasteiger partial charge is 0.236 e. The van der Waals surface area contributed by atoms with Crippen LogP contribution in [0.5, 0.6) is 0 Å². The van der Waals surface area contributed by atoms with Crippen LogP contribution < -0.4 is 0 Å². The van der Waals surface area contributed by atoms with E-state index in [4.69, 9.17) is 12.6 Å². The average Bonchev–Trinajstić information content (AvgIpc) is 2.71. The monoisotopic (exact) mass is 398 g/mol. The Morgan fingerprint density at radius 3 is 1.79 bits per heavy atom. The molecule has 0 saturated carbocycles. The third-order valence-corrected chi connectivity index (χ3v) is 5.77. The van der Waals surface area contributed by atoms with Crippen LogP contribution in [0.15, 0.2) is 35.5 Å². The normalized spacial score (nSPS) is 11.1. The zero-order valence-corrected chi connectivity index (χ0v) is 18.8. The van der Waals surface area contributed by atoms with Gasteiger partial charge < -0.3 is 0 Å². The number of hydrogen-bond acceptors (Lipinski definition) is 3. The minimum Gasteiger partial charge on any atom is -0.236 e. The second-order valence-electron chi connectivity index (χ2n) is 7.95. The fraction of sp³-hybridized carbons (Fsp3) is 0.600. The molecule has 0 N–H and O–H groups in total. The van der Waals surface area contributed by atoms with E-state index in [9.17, 15) is 0 Å². The minimum atomic E-state index is 0.783. The molecule has 0 aliphatic heterocycles. The van der Waals surface area contributed by atoms with Crippen molar-refractivity contribution >= 4 is 12.6 Å². The van der Waals surface area contributed by atoms with Crippen molar-refractivity contribution in [1.82, 2.24) is 9.97 Å². The first-order valence-corrected chi connectivity index (χ1v) is 11.8. The Morgan fingerprint density at radius 1 is 0.679 bits per heavy atom.